The van der Waals surface area contributed by atoms with Crippen molar-refractivity contribution in [2.45, 2.75) is 13.0 Å². The maximum Gasteiger partial charge on any atom is 0.319 e. The summed E-state index contributed by atoms with van der Waals surface area (Å²) >= 11 is 0. The Balaban J connectivity index is 1.59. The molecule has 0 spiro atoms. The molecule has 0 saturated carbocycles. The number of urea groups is 1. The number of nitrogens with one attached hydrogen (secondary N) is 2. The predicted molar refractivity (Wildman–Crippen MR) is 76.6 cm³/mol. The third-order valence-corrected chi connectivity index (χ3v) is 3.04. The molecule has 0 atom stereocenters. The smallest absolute Gasteiger partial charge is 0.319 e. The minimum Gasteiger partial charge on any atom is -0.490 e. The van der Waals surface area contributed by atoms with Crippen molar-refractivity contribution >= 4 is 11.7 Å². The van der Waals surface area contributed by atoms with Crippen LogP contribution in [0.3, 0.4) is 0 Å². The molecule has 21 heavy (non-hydrogen) atoms. The molecule has 6 heteroatoms. The average molecular weight is 288 g/mol. The Morgan fingerprint density at radius 1 is 1.14 bits per heavy atom. The highest BCUT2D eigenvalue weighted by molar-refractivity contribution is 5.89. The number of furan rings is 1. The van der Waals surface area contributed by atoms with Crippen LogP contribution in [-0.4, -0.2) is 19.2 Å². The minimum absolute atomic E-state index is 0.286. The van der Waals surface area contributed by atoms with Crippen LogP contribution in [0.4, 0.5) is 10.5 Å². The predicted octanol–water partition coefficient (Wildman–Crippen LogP) is 2.76. The maximum atomic E-state index is 11.8. The summed E-state index contributed by atoms with van der Waals surface area (Å²) < 4.78 is 16.1. The molecule has 0 fully saturated rings. The number of benzene rings is 1. The van der Waals surface area contributed by atoms with Gasteiger partial charge in [-0.3, -0.25) is 0 Å². The van der Waals surface area contributed by atoms with E-state index < -0.39 is 0 Å². The zero-order chi connectivity index (χ0) is 14.5. The Kier molecular flexibility index (Phi) is 3.95. The van der Waals surface area contributed by atoms with E-state index in [1.165, 1.54) is 0 Å². The van der Waals surface area contributed by atoms with Crippen LogP contribution >= 0.6 is 0 Å². The summed E-state index contributed by atoms with van der Waals surface area (Å²) in [6.07, 6.45) is 4.01. The standard InChI is InChI=1S/C15H16N2O4/c18-15(16-9-11-4-7-19-10-11)17-12-2-3-13-14(8-12)21-6-1-5-20-13/h2-4,7-8,10H,1,5-6,9H2,(H2,16,17,18). The average Bonchev–Trinajstić information content (AvgIpc) is 2.90. The van der Waals surface area contributed by atoms with Crippen molar-refractivity contribution in [3.05, 3.63) is 42.4 Å². The largest absolute Gasteiger partial charge is 0.490 e. The second kappa shape index (κ2) is 6.21. The van der Waals surface area contributed by atoms with Crippen LogP contribution in [0.5, 0.6) is 11.5 Å². The molecule has 0 radical (unpaired) electrons. The van der Waals surface area contributed by atoms with Gasteiger partial charge in [-0.15, -0.1) is 0 Å². The van der Waals surface area contributed by atoms with Crippen molar-refractivity contribution in [1.82, 2.24) is 5.32 Å². The molecule has 2 amide bonds. The number of ether oxygens (including phenoxy) is 2. The lowest BCUT2D eigenvalue weighted by Gasteiger charge is -2.11. The van der Waals surface area contributed by atoms with Crippen LogP contribution in [0, 0.1) is 0 Å². The first kappa shape index (κ1) is 13.4. The third kappa shape index (κ3) is 3.47. The van der Waals surface area contributed by atoms with E-state index >= 15 is 0 Å². The highest BCUT2D eigenvalue weighted by Crippen LogP contribution is 2.32. The Bertz CT molecular complexity index is 610. The van der Waals surface area contributed by atoms with Crippen LogP contribution in [0.25, 0.3) is 0 Å². The molecule has 110 valence electrons. The normalized spacial score (nSPS) is 13.3. The van der Waals surface area contributed by atoms with E-state index in [1.807, 2.05) is 0 Å². The van der Waals surface area contributed by atoms with Gasteiger partial charge >= 0.3 is 6.03 Å². The lowest BCUT2D eigenvalue weighted by Crippen LogP contribution is -2.27. The third-order valence-electron chi connectivity index (χ3n) is 3.04. The number of hydrogen-bond acceptors (Lipinski definition) is 4. The second-order valence-electron chi connectivity index (χ2n) is 4.65. The maximum absolute atomic E-state index is 11.8. The van der Waals surface area contributed by atoms with Crippen LogP contribution in [-0.2, 0) is 6.54 Å². The van der Waals surface area contributed by atoms with Crippen molar-refractivity contribution in [3.63, 3.8) is 0 Å². The monoisotopic (exact) mass is 288 g/mol. The molecule has 0 aliphatic carbocycles. The van der Waals surface area contributed by atoms with E-state index in [0.717, 1.165) is 12.0 Å². The summed E-state index contributed by atoms with van der Waals surface area (Å²) in [6.45, 7) is 1.67. The molecule has 2 aromatic rings. The van der Waals surface area contributed by atoms with Gasteiger partial charge in [0, 0.05) is 30.3 Å². The molecule has 1 aliphatic rings. The molecule has 1 aliphatic heterocycles. The van der Waals surface area contributed by atoms with Crippen molar-refractivity contribution in [1.29, 1.82) is 0 Å². The molecule has 0 bridgehead atoms. The second-order valence-corrected chi connectivity index (χ2v) is 4.65. The molecule has 1 aromatic carbocycles. The van der Waals surface area contributed by atoms with Crippen LogP contribution < -0.4 is 20.1 Å². The Morgan fingerprint density at radius 2 is 2.00 bits per heavy atom. The van der Waals surface area contributed by atoms with Crippen molar-refractivity contribution in [3.8, 4) is 11.5 Å². The number of rotatable bonds is 3. The summed E-state index contributed by atoms with van der Waals surface area (Å²) in [5.74, 6) is 1.36. The molecule has 0 saturated heterocycles. The van der Waals surface area contributed by atoms with Crippen LogP contribution in [0.1, 0.15) is 12.0 Å². The number of amides is 2. The summed E-state index contributed by atoms with van der Waals surface area (Å²) in [6, 6.07) is 6.86. The van der Waals surface area contributed by atoms with Crippen LogP contribution in [0.15, 0.2) is 41.2 Å². The van der Waals surface area contributed by atoms with Crippen molar-refractivity contribution in [2.24, 2.45) is 0 Å². The van der Waals surface area contributed by atoms with E-state index in [9.17, 15) is 4.79 Å². The van der Waals surface area contributed by atoms with Gasteiger partial charge in [-0.2, -0.15) is 0 Å². The SMILES string of the molecule is O=C(NCc1ccoc1)Nc1ccc2c(c1)OCCCO2. The zero-order valence-electron chi connectivity index (χ0n) is 11.4. The highest BCUT2D eigenvalue weighted by Gasteiger charge is 2.11. The molecular formula is C15H16N2O4. The van der Waals surface area contributed by atoms with Gasteiger partial charge in [-0.1, -0.05) is 0 Å². The van der Waals surface area contributed by atoms with Gasteiger partial charge in [0.15, 0.2) is 11.5 Å². The molecule has 2 N–H and O–H groups in total. The van der Waals surface area contributed by atoms with Gasteiger partial charge in [0.25, 0.3) is 0 Å². The Morgan fingerprint density at radius 3 is 2.81 bits per heavy atom. The summed E-state index contributed by atoms with van der Waals surface area (Å²) in [5, 5.41) is 5.50. The quantitative estimate of drug-likeness (QED) is 0.911. The molecule has 0 unspecified atom stereocenters. The van der Waals surface area contributed by atoms with E-state index in [2.05, 4.69) is 10.6 Å². The first-order chi connectivity index (χ1) is 10.3. The molecule has 6 nitrogen and oxygen atoms in total. The fourth-order valence-electron chi connectivity index (χ4n) is 1.99. The lowest BCUT2D eigenvalue weighted by molar-refractivity contribution is 0.251. The van der Waals surface area contributed by atoms with Gasteiger partial charge < -0.3 is 24.5 Å². The highest BCUT2D eigenvalue weighted by atomic mass is 16.5. The first-order valence-corrected chi connectivity index (χ1v) is 6.77. The van der Waals surface area contributed by atoms with Crippen molar-refractivity contribution in [2.75, 3.05) is 18.5 Å². The van der Waals surface area contributed by atoms with Gasteiger partial charge in [-0.05, 0) is 18.2 Å². The van der Waals surface area contributed by atoms with Gasteiger partial charge in [-0.25, -0.2) is 4.79 Å². The fourth-order valence-corrected chi connectivity index (χ4v) is 1.99. The fraction of sp³-hybridized carbons (Fsp3) is 0.267. The molecule has 1 aromatic heterocycles. The van der Waals surface area contributed by atoms with Gasteiger partial charge in [0.05, 0.1) is 25.7 Å². The first-order valence-electron chi connectivity index (χ1n) is 6.77. The zero-order valence-corrected chi connectivity index (χ0v) is 11.4. The number of anilines is 1. The number of carbonyl (C=O) groups is 1. The van der Waals surface area contributed by atoms with E-state index in [0.29, 0.717) is 36.9 Å². The van der Waals surface area contributed by atoms with E-state index in [4.69, 9.17) is 13.9 Å². The Labute approximate surface area is 122 Å². The summed E-state index contributed by atoms with van der Waals surface area (Å²) in [5.41, 5.74) is 1.56. The molecular weight excluding hydrogens is 272 g/mol. The number of fused-ring (bicyclic) bond motifs is 1. The van der Waals surface area contributed by atoms with Gasteiger partial charge in [0.2, 0.25) is 0 Å². The van der Waals surface area contributed by atoms with Crippen LogP contribution in [0.2, 0.25) is 0 Å². The summed E-state index contributed by atoms with van der Waals surface area (Å²) in [7, 11) is 0. The number of hydrogen-bond donors (Lipinski definition) is 2. The van der Waals surface area contributed by atoms with E-state index in [-0.39, 0.29) is 6.03 Å². The van der Waals surface area contributed by atoms with Gasteiger partial charge in [0.1, 0.15) is 0 Å². The number of carbonyl (C=O) groups excluding carboxylic acids is 1. The topological polar surface area (TPSA) is 72.7 Å². The minimum atomic E-state index is -0.286. The van der Waals surface area contributed by atoms with Crippen molar-refractivity contribution < 1.29 is 18.7 Å². The molecule has 3 rings (SSSR count). The summed E-state index contributed by atoms with van der Waals surface area (Å²) in [4.78, 5) is 11.8. The Hall–Kier alpha value is -2.63. The molecule has 2 heterocycles. The van der Waals surface area contributed by atoms with E-state index in [1.54, 1.807) is 36.8 Å². The lowest BCUT2D eigenvalue weighted by atomic mass is 10.3.